The maximum absolute atomic E-state index is 14.5. The minimum absolute atomic E-state index is 0. The highest BCUT2D eigenvalue weighted by Gasteiger charge is 2.23. The fourth-order valence-corrected chi connectivity index (χ4v) is 4.57. The monoisotopic (exact) mass is 468 g/mol. The van der Waals surface area contributed by atoms with Gasteiger partial charge in [-0.25, -0.2) is 16.8 Å². The summed E-state index contributed by atoms with van der Waals surface area (Å²) in [6.45, 7) is 1.60. The van der Waals surface area contributed by atoms with Crippen LogP contribution in [0, 0.1) is 5.82 Å². The largest absolute Gasteiger partial charge is 0.382 e. The first-order chi connectivity index (χ1) is 14.5. The molecule has 2 aromatic carbocycles. The Bertz CT molecular complexity index is 1100. The number of methoxy groups -OCH3 is 1. The Hall–Kier alpha value is -2.23. The third-order valence-corrected chi connectivity index (χ3v) is 6.20. The van der Waals surface area contributed by atoms with Gasteiger partial charge in [-0.1, -0.05) is 24.3 Å². The average molecular weight is 469 g/mol. The Morgan fingerprint density at radius 1 is 1.03 bits per heavy atom. The molecule has 31 heavy (non-hydrogen) atoms. The predicted molar refractivity (Wildman–Crippen MR) is 120 cm³/mol. The van der Waals surface area contributed by atoms with Crippen LogP contribution in [0.3, 0.4) is 0 Å². The number of hydrogen-bond donors (Lipinski definition) is 1. The van der Waals surface area contributed by atoms with Crippen LogP contribution in [0.1, 0.15) is 11.1 Å². The van der Waals surface area contributed by atoms with Crippen LogP contribution in [0.15, 0.2) is 65.7 Å². The fraction of sp³-hybridized carbons (Fsp3) is 0.273. The molecule has 0 bridgehead atoms. The van der Waals surface area contributed by atoms with Gasteiger partial charge in [0.15, 0.2) is 0 Å². The molecular formula is C22H26ClFN2O4S. The number of halogens is 2. The van der Waals surface area contributed by atoms with E-state index in [1.807, 2.05) is 0 Å². The van der Waals surface area contributed by atoms with Crippen LogP contribution in [0.25, 0.3) is 11.3 Å². The second kappa shape index (κ2) is 11.4. The number of benzene rings is 2. The molecular weight excluding hydrogens is 443 g/mol. The van der Waals surface area contributed by atoms with Gasteiger partial charge in [-0.15, -0.1) is 12.4 Å². The van der Waals surface area contributed by atoms with Gasteiger partial charge in [0.2, 0.25) is 0 Å². The van der Waals surface area contributed by atoms with Gasteiger partial charge in [0.25, 0.3) is 10.0 Å². The van der Waals surface area contributed by atoms with Gasteiger partial charge in [-0.2, -0.15) is 0 Å². The summed E-state index contributed by atoms with van der Waals surface area (Å²) in [7, 11) is -0.596. The summed E-state index contributed by atoms with van der Waals surface area (Å²) >= 11 is 0. The topological polar surface area (TPSA) is 69.6 Å². The van der Waals surface area contributed by atoms with Crippen LogP contribution in [-0.2, 0) is 32.6 Å². The third kappa shape index (κ3) is 5.93. The van der Waals surface area contributed by atoms with E-state index in [0.29, 0.717) is 19.8 Å². The minimum atomic E-state index is -3.95. The molecule has 0 aliphatic carbocycles. The van der Waals surface area contributed by atoms with Crippen molar-refractivity contribution in [1.29, 1.82) is 0 Å². The van der Waals surface area contributed by atoms with Crippen LogP contribution in [0.4, 0.5) is 4.39 Å². The molecule has 0 spiro atoms. The number of hydrogen-bond acceptors (Lipinski definition) is 5. The van der Waals surface area contributed by atoms with Gasteiger partial charge in [0, 0.05) is 25.4 Å². The SMILES string of the molecule is CNCc1cc(-c2ccccc2F)n(S(=O)(=O)c2cccc(COCCOC)c2)c1.Cl. The number of ether oxygens (including phenoxy) is 2. The smallest absolute Gasteiger partial charge is 0.268 e. The standard InChI is InChI=1S/C22H25FN2O4S.ClH/c1-24-14-18-13-22(20-8-3-4-9-21(20)23)25(15-18)30(26,27)19-7-5-6-17(12-19)16-29-11-10-28-2;/h3-9,12-13,15,24H,10-11,14,16H2,1-2H3;1H. The lowest BCUT2D eigenvalue weighted by Gasteiger charge is -2.12. The second-order valence-corrected chi connectivity index (χ2v) is 8.55. The third-order valence-electron chi connectivity index (χ3n) is 4.53. The molecule has 6 nitrogen and oxygen atoms in total. The van der Waals surface area contributed by atoms with Crippen molar-refractivity contribution in [2.75, 3.05) is 27.4 Å². The van der Waals surface area contributed by atoms with Crippen molar-refractivity contribution in [3.63, 3.8) is 0 Å². The van der Waals surface area contributed by atoms with Crippen molar-refractivity contribution in [3.05, 3.63) is 77.7 Å². The normalized spacial score (nSPS) is 11.3. The van der Waals surface area contributed by atoms with Gasteiger partial charge >= 0.3 is 0 Å². The van der Waals surface area contributed by atoms with Crippen LogP contribution in [-0.4, -0.2) is 39.8 Å². The van der Waals surface area contributed by atoms with Crippen molar-refractivity contribution in [1.82, 2.24) is 9.29 Å². The molecule has 1 heterocycles. The minimum Gasteiger partial charge on any atom is -0.382 e. The van der Waals surface area contributed by atoms with Crippen molar-refractivity contribution in [3.8, 4) is 11.3 Å². The van der Waals surface area contributed by atoms with Gasteiger partial charge in [0.05, 0.1) is 30.4 Å². The molecule has 0 saturated heterocycles. The molecule has 3 aromatic rings. The summed E-state index contributed by atoms with van der Waals surface area (Å²) in [6.07, 6.45) is 1.52. The lowest BCUT2D eigenvalue weighted by molar-refractivity contribution is 0.0616. The number of aromatic nitrogens is 1. The van der Waals surface area contributed by atoms with E-state index in [2.05, 4.69) is 5.32 Å². The molecule has 0 radical (unpaired) electrons. The van der Waals surface area contributed by atoms with Crippen molar-refractivity contribution in [2.45, 2.75) is 18.0 Å². The highest BCUT2D eigenvalue weighted by molar-refractivity contribution is 7.90. The van der Waals surface area contributed by atoms with Crippen molar-refractivity contribution < 1.29 is 22.3 Å². The zero-order valence-corrected chi connectivity index (χ0v) is 19.0. The average Bonchev–Trinajstić information content (AvgIpc) is 3.17. The van der Waals surface area contributed by atoms with E-state index in [1.165, 1.54) is 18.3 Å². The first kappa shape index (κ1) is 25.0. The number of nitrogens with zero attached hydrogens (tertiary/aromatic N) is 1. The van der Waals surface area contributed by atoms with E-state index in [-0.39, 0.29) is 35.2 Å². The predicted octanol–water partition coefficient (Wildman–Crippen LogP) is 3.84. The van der Waals surface area contributed by atoms with Crippen LogP contribution in [0.2, 0.25) is 0 Å². The molecule has 0 saturated carbocycles. The van der Waals surface area contributed by atoms with Crippen molar-refractivity contribution >= 4 is 22.4 Å². The lowest BCUT2D eigenvalue weighted by Crippen LogP contribution is -2.14. The van der Waals surface area contributed by atoms with Crippen LogP contribution < -0.4 is 5.32 Å². The number of nitrogens with one attached hydrogen (secondary N) is 1. The quantitative estimate of drug-likeness (QED) is 0.458. The first-order valence-corrected chi connectivity index (χ1v) is 10.9. The highest BCUT2D eigenvalue weighted by Crippen LogP contribution is 2.29. The molecule has 0 fully saturated rings. The molecule has 9 heteroatoms. The van der Waals surface area contributed by atoms with E-state index >= 15 is 0 Å². The summed E-state index contributed by atoms with van der Waals surface area (Å²) in [5.41, 5.74) is 1.96. The zero-order valence-electron chi connectivity index (χ0n) is 17.4. The van der Waals surface area contributed by atoms with E-state index in [0.717, 1.165) is 15.1 Å². The molecule has 1 N–H and O–H groups in total. The fourth-order valence-electron chi connectivity index (χ4n) is 3.10. The molecule has 0 unspecified atom stereocenters. The Morgan fingerprint density at radius 2 is 1.81 bits per heavy atom. The zero-order chi connectivity index (χ0) is 21.6. The van der Waals surface area contributed by atoms with Gasteiger partial charge in [-0.3, -0.25) is 0 Å². The van der Waals surface area contributed by atoms with E-state index in [9.17, 15) is 12.8 Å². The molecule has 0 aliphatic rings. The molecule has 0 aliphatic heterocycles. The maximum Gasteiger partial charge on any atom is 0.268 e. The van der Waals surface area contributed by atoms with Crippen LogP contribution >= 0.6 is 12.4 Å². The lowest BCUT2D eigenvalue weighted by atomic mass is 10.1. The van der Waals surface area contributed by atoms with Crippen molar-refractivity contribution in [2.24, 2.45) is 0 Å². The molecule has 168 valence electrons. The summed E-state index contributed by atoms with van der Waals surface area (Å²) in [6, 6.07) is 14.4. The summed E-state index contributed by atoms with van der Waals surface area (Å²) in [4.78, 5) is 0.111. The van der Waals surface area contributed by atoms with Gasteiger partial charge < -0.3 is 14.8 Å². The Balaban J connectivity index is 0.00000341. The highest BCUT2D eigenvalue weighted by atomic mass is 35.5. The van der Waals surface area contributed by atoms with E-state index in [4.69, 9.17) is 9.47 Å². The molecule has 0 amide bonds. The first-order valence-electron chi connectivity index (χ1n) is 9.49. The van der Waals surface area contributed by atoms with Crippen LogP contribution in [0.5, 0.6) is 0 Å². The van der Waals surface area contributed by atoms with Gasteiger partial charge in [-0.05, 0) is 48.5 Å². The Morgan fingerprint density at radius 3 is 2.52 bits per heavy atom. The molecule has 1 aromatic heterocycles. The Labute approximate surface area is 188 Å². The molecule has 0 atom stereocenters. The maximum atomic E-state index is 14.5. The van der Waals surface area contributed by atoms with E-state index in [1.54, 1.807) is 56.6 Å². The second-order valence-electron chi connectivity index (χ2n) is 6.74. The number of rotatable bonds is 10. The summed E-state index contributed by atoms with van der Waals surface area (Å²) in [5.74, 6) is -0.483. The Kier molecular flexibility index (Phi) is 9.21. The molecule has 3 rings (SSSR count). The van der Waals surface area contributed by atoms with Gasteiger partial charge in [0.1, 0.15) is 5.82 Å². The van der Waals surface area contributed by atoms with E-state index < -0.39 is 15.8 Å². The summed E-state index contributed by atoms with van der Waals surface area (Å²) < 4.78 is 52.9. The summed E-state index contributed by atoms with van der Waals surface area (Å²) in [5, 5.41) is 3.00.